The van der Waals surface area contributed by atoms with Crippen LogP contribution in [0.3, 0.4) is 0 Å². The first kappa shape index (κ1) is 18.2. The fourth-order valence-corrected chi connectivity index (χ4v) is 3.14. The molecule has 1 N–H and O–H groups in total. The Morgan fingerprint density at radius 2 is 2.12 bits per heavy atom. The number of benzene rings is 1. The van der Waals surface area contributed by atoms with Gasteiger partial charge in [0.05, 0.1) is 21.6 Å². The number of aromatic nitrogens is 1. The smallest absolute Gasteiger partial charge is 0.405 e. The quantitative estimate of drug-likeness (QED) is 0.709. The van der Waals surface area contributed by atoms with Crippen LogP contribution in [-0.2, 0) is 6.61 Å². The lowest BCUT2D eigenvalue weighted by Gasteiger charge is -2.08. The fourth-order valence-electron chi connectivity index (χ4n) is 2.45. The summed E-state index contributed by atoms with van der Waals surface area (Å²) in [5, 5.41) is 2.27. The molecule has 0 saturated carbocycles. The fraction of sp³-hybridized carbons (Fsp3) is 0.294. The normalized spacial score (nSPS) is 11.7. The van der Waals surface area contributed by atoms with Gasteiger partial charge in [-0.15, -0.1) is 11.3 Å². The predicted octanol–water partition coefficient (Wildman–Crippen LogP) is 4.38. The van der Waals surface area contributed by atoms with Crippen LogP contribution in [0.4, 0.5) is 13.2 Å². The van der Waals surface area contributed by atoms with Gasteiger partial charge in [-0.1, -0.05) is 0 Å². The van der Waals surface area contributed by atoms with Crippen molar-refractivity contribution in [3.05, 3.63) is 45.6 Å². The van der Waals surface area contributed by atoms with Gasteiger partial charge in [0, 0.05) is 5.39 Å². The van der Waals surface area contributed by atoms with E-state index in [-0.39, 0.29) is 11.3 Å². The Labute approximate surface area is 150 Å². The number of thiazole rings is 1. The Hall–Kier alpha value is -2.55. The maximum Gasteiger partial charge on any atom is 0.405 e. The molecule has 3 rings (SSSR count). The Balaban J connectivity index is 1.83. The number of nitrogens with zero attached hydrogens (tertiary/aromatic N) is 1. The van der Waals surface area contributed by atoms with Gasteiger partial charge in [0.15, 0.2) is 0 Å². The molecule has 26 heavy (non-hydrogen) atoms. The van der Waals surface area contributed by atoms with Gasteiger partial charge in [-0.25, -0.2) is 4.98 Å². The maximum atomic E-state index is 12.3. The van der Waals surface area contributed by atoms with E-state index in [4.69, 9.17) is 9.15 Å². The molecule has 0 unspecified atom stereocenters. The van der Waals surface area contributed by atoms with Gasteiger partial charge in [0.25, 0.3) is 5.91 Å². The maximum absolute atomic E-state index is 12.3. The summed E-state index contributed by atoms with van der Waals surface area (Å²) in [6, 6.07) is 4.89. The summed E-state index contributed by atoms with van der Waals surface area (Å²) in [5.74, 6) is -0.111. The number of fused-ring (bicyclic) bond motifs is 1. The monoisotopic (exact) mass is 384 g/mol. The number of nitrogens with one attached hydrogen (secondary N) is 1. The van der Waals surface area contributed by atoms with Gasteiger partial charge in [-0.05, 0) is 32.0 Å². The van der Waals surface area contributed by atoms with Crippen molar-refractivity contribution in [3.8, 4) is 5.75 Å². The number of hydrogen-bond acceptors (Lipinski definition) is 5. The molecule has 0 saturated heterocycles. The second-order valence-electron chi connectivity index (χ2n) is 5.64. The highest BCUT2D eigenvalue weighted by Crippen LogP contribution is 2.30. The van der Waals surface area contributed by atoms with Crippen LogP contribution in [0.2, 0.25) is 0 Å². The van der Waals surface area contributed by atoms with E-state index in [0.717, 1.165) is 10.6 Å². The minimum atomic E-state index is -4.48. The topological polar surface area (TPSA) is 64.4 Å². The highest BCUT2D eigenvalue weighted by Gasteiger charge is 2.29. The Bertz CT molecular complexity index is 947. The molecule has 1 amide bonds. The molecule has 0 spiro atoms. The molecule has 0 bridgehead atoms. The van der Waals surface area contributed by atoms with Crippen molar-refractivity contribution in [2.45, 2.75) is 26.6 Å². The van der Waals surface area contributed by atoms with Crippen molar-refractivity contribution in [3.63, 3.8) is 0 Å². The summed E-state index contributed by atoms with van der Waals surface area (Å²) in [5.41, 5.74) is 3.08. The van der Waals surface area contributed by atoms with Crippen molar-refractivity contribution in [2.75, 3.05) is 6.54 Å². The SMILES string of the molecule is Cc1ncsc1COc1ccc2oc(C)c(C(=O)NCC(F)(F)F)c2c1. The van der Waals surface area contributed by atoms with Crippen molar-refractivity contribution in [1.29, 1.82) is 0 Å². The summed E-state index contributed by atoms with van der Waals surface area (Å²) in [4.78, 5) is 17.3. The summed E-state index contributed by atoms with van der Waals surface area (Å²) >= 11 is 1.47. The third-order valence-electron chi connectivity index (χ3n) is 3.73. The lowest BCUT2D eigenvalue weighted by Crippen LogP contribution is -2.33. The first-order chi connectivity index (χ1) is 12.2. The third kappa shape index (κ3) is 3.98. The number of aryl methyl sites for hydroxylation is 2. The summed E-state index contributed by atoms with van der Waals surface area (Å²) < 4.78 is 48.2. The van der Waals surface area contributed by atoms with E-state index in [2.05, 4.69) is 4.98 Å². The zero-order chi connectivity index (χ0) is 18.9. The molecular weight excluding hydrogens is 369 g/mol. The van der Waals surface area contributed by atoms with Crippen molar-refractivity contribution >= 4 is 28.2 Å². The van der Waals surface area contributed by atoms with Crippen LogP contribution in [0.1, 0.15) is 26.7 Å². The molecular formula is C17H15F3N2O3S. The number of amides is 1. The summed E-state index contributed by atoms with van der Waals surface area (Å²) in [6.07, 6.45) is -4.48. The van der Waals surface area contributed by atoms with E-state index in [9.17, 15) is 18.0 Å². The van der Waals surface area contributed by atoms with Gasteiger partial charge < -0.3 is 14.5 Å². The van der Waals surface area contributed by atoms with E-state index in [1.165, 1.54) is 18.3 Å². The van der Waals surface area contributed by atoms with Gasteiger partial charge in [-0.3, -0.25) is 4.79 Å². The molecule has 0 aliphatic rings. The Morgan fingerprint density at radius 1 is 1.35 bits per heavy atom. The molecule has 9 heteroatoms. The van der Waals surface area contributed by atoms with Gasteiger partial charge in [-0.2, -0.15) is 13.2 Å². The minimum Gasteiger partial charge on any atom is -0.488 e. The molecule has 0 aliphatic carbocycles. The van der Waals surface area contributed by atoms with E-state index in [1.54, 1.807) is 23.7 Å². The largest absolute Gasteiger partial charge is 0.488 e. The van der Waals surface area contributed by atoms with Gasteiger partial charge >= 0.3 is 6.18 Å². The highest BCUT2D eigenvalue weighted by molar-refractivity contribution is 7.09. The Morgan fingerprint density at radius 3 is 2.77 bits per heavy atom. The highest BCUT2D eigenvalue weighted by atomic mass is 32.1. The molecule has 0 radical (unpaired) electrons. The number of hydrogen-bond donors (Lipinski definition) is 1. The average Bonchev–Trinajstić information content (AvgIpc) is 3.11. The van der Waals surface area contributed by atoms with Crippen molar-refractivity contribution in [1.82, 2.24) is 10.3 Å². The predicted molar refractivity (Wildman–Crippen MR) is 90.5 cm³/mol. The van der Waals surface area contributed by atoms with Crippen LogP contribution in [0.5, 0.6) is 5.75 Å². The van der Waals surface area contributed by atoms with Crippen LogP contribution in [0, 0.1) is 13.8 Å². The molecule has 0 atom stereocenters. The number of halogens is 3. The van der Waals surface area contributed by atoms with Crippen LogP contribution >= 0.6 is 11.3 Å². The van der Waals surface area contributed by atoms with Crippen molar-refractivity contribution < 1.29 is 27.1 Å². The molecule has 2 aromatic heterocycles. The van der Waals surface area contributed by atoms with Gasteiger partial charge in [0.1, 0.15) is 30.2 Å². The molecule has 0 fully saturated rings. The number of furan rings is 1. The molecule has 138 valence electrons. The zero-order valence-electron chi connectivity index (χ0n) is 13.9. The number of carbonyl (C=O) groups is 1. The molecule has 5 nitrogen and oxygen atoms in total. The van der Waals surface area contributed by atoms with E-state index in [0.29, 0.717) is 23.3 Å². The average molecular weight is 384 g/mol. The molecule has 3 aromatic rings. The number of ether oxygens (including phenoxy) is 1. The van der Waals surface area contributed by atoms with E-state index < -0.39 is 18.6 Å². The molecule has 1 aromatic carbocycles. The van der Waals surface area contributed by atoms with Crippen LogP contribution < -0.4 is 10.1 Å². The number of rotatable bonds is 5. The van der Waals surface area contributed by atoms with E-state index in [1.807, 2.05) is 12.2 Å². The second-order valence-corrected chi connectivity index (χ2v) is 6.58. The second kappa shape index (κ2) is 6.99. The van der Waals surface area contributed by atoms with E-state index >= 15 is 0 Å². The third-order valence-corrected chi connectivity index (χ3v) is 4.64. The van der Waals surface area contributed by atoms with Crippen LogP contribution in [0.15, 0.2) is 28.1 Å². The number of carbonyl (C=O) groups excluding carboxylic acids is 1. The minimum absolute atomic E-state index is 0.0728. The standard InChI is InChI=1S/C17H15F3N2O3S/c1-9-14(26-8-22-9)6-24-11-3-4-13-12(5-11)15(10(2)25-13)16(23)21-7-17(18,19)20/h3-5,8H,6-7H2,1-2H3,(H,21,23). The zero-order valence-corrected chi connectivity index (χ0v) is 14.8. The molecule has 2 heterocycles. The first-order valence-electron chi connectivity index (χ1n) is 7.64. The first-order valence-corrected chi connectivity index (χ1v) is 8.52. The Kier molecular flexibility index (Phi) is 4.90. The molecule has 0 aliphatic heterocycles. The van der Waals surface area contributed by atoms with Crippen molar-refractivity contribution in [2.24, 2.45) is 0 Å². The van der Waals surface area contributed by atoms with Crippen LogP contribution in [0.25, 0.3) is 11.0 Å². The van der Waals surface area contributed by atoms with Gasteiger partial charge in [0.2, 0.25) is 0 Å². The number of alkyl halides is 3. The van der Waals surface area contributed by atoms with Crippen LogP contribution in [-0.4, -0.2) is 23.6 Å². The summed E-state index contributed by atoms with van der Waals surface area (Å²) in [7, 11) is 0. The summed E-state index contributed by atoms with van der Waals surface area (Å²) in [6.45, 7) is 2.32. The lowest BCUT2D eigenvalue weighted by molar-refractivity contribution is -0.123. The lowest BCUT2D eigenvalue weighted by atomic mass is 10.1.